The lowest BCUT2D eigenvalue weighted by Crippen LogP contribution is -2.30. The van der Waals surface area contributed by atoms with Crippen molar-refractivity contribution in [3.8, 4) is 11.5 Å². The highest BCUT2D eigenvalue weighted by Gasteiger charge is 2.02. The third kappa shape index (κ3) is 7.61. The molecule has 0 radical (unpaired) electrons. The van der Waals surface area contributed by atoms with Crippen molar-refractivity contribution < 1.29 is 14.3 Å². The second-order valence-electron chi connectivity index (χ2n) is 5.59. The van der Waals surface area contributed by atoms with Crippen LogP contribution in [0.25, 0.3) is 0 Å². The van der Waals surface area contributed by atoms with Gasteiger partial charge < -0.3 is 20.1 Å². The minimum atomic E-state index is -0.00367. The minimum absolute atomic E-state index is 0.00367. The van der Waals surface area contributed by atoms with E-state index in [9.17, 15) is 4.79 Å². The van der Waals surface area contributed by atoms with E-state index < -0.39 is 0 Å². The van der Waals surface area contributed by atoms with Crippen LogP contribution in [0.15, 0.2) is 54.6 Å². The fraction of sp³-hybridized carbons (Fsp3) is 0.350. The zero-order chi connectivity index (χ0) is 17.7. The summed E-state index contributed by atoms with van der Waals surface area (Å²) in [5, 5.41) is 5.98. The van der Waals surface area contributed by atoms with E-state index in [4.69, 9.17) is 9.47 Å². The molecule has 2 rings (SSSR count). The van der Waals surface area contributed by atoms with Crippen molar-refractivity contribution in [1.29, 1.82) is 0 Å². The number of carbonyl (C=O) groups excluding carboxylic acids is 1. The summed E-state index contributed by atoms with van der Waals surface area (Å²) in [6.45, 7) is 4.00. The van der Waals surface area contributed by atoms with E-state index in [0.717, 1.165) is 36.6 Å². The van der Waals surface area contributed by atoms with Crippen LogP contribution in [0.1, 0.15) is 19.8 Å². The molecule has 0 aliphatic heterocycles. The van der Waals surface area contributed by atoms with Gasteiger partial charge in [-0.15, -0.1) is 0 Å². The fourth-order valence-electron chi connectivity index (χ4n) is 2.18. The third-order valence-corrected chi connectivity index (χ3v) is 3.50. The van der Waals surface area contributed by atoms with Crippen molar-refractivity contribution in [2.45, 2.75) is 19.8 Å². The summed E-state index contributed by atoms with van der Waals surface area (Å²) >= 11 is 0. The predicted molar refractivity (Wildman–Crippen MR) is 100 cm³/mol. The molecule has 5 nitrogen and oxygen atoms in total. The van der Waals surface area contributed by atoms with Gasteiger partial charge in [0.1, 0.15) is 24.7 Å². The number of anilines is 1. The molecule has 0 unspecified atom stereocenters. The highest BCUT2D eigenvalue weighted by Crippen LogP contribution is 2.17. The molecule has 2 aromatic rings. The van der Waals surface area contributed by atoms with E-state index in [0.29, 0.717) is 13.2 Å². The third-order valence-electron chi connectivity index (χ3n) is 3.50. The Labute approximate surface area is 149 Å². The first-order valence-electron chi connectivity index (χ1n) is 8.69. The molecule has 0 heterocycles. The highest BCUT2D eigenvalue weighted by molar-refractivity contribution is 5.80. The number of nitrogens with one attached hydrogen (secondary N) is 2. The molecule has 1 amide bonds. The number of amides is 1. The lowest BCUT2D eigenvalue weighted by atomic mass is 10.3. The maximum atomic E-state index is 11.7. The smallest absolute Gasteiger partial charge is 0.239 e. The SMILES string of the molecule is CCCCNC(=O)CNc1cccc(OCCOc2ccccc2)c1. The molecule has 0 bridgehead atoms. The van der Waals surface area contributed by atoms with E-state index in [1.807, 2.05) is 54.6 Å². The molecular formula is C20H26N2O3. The number of benzene rings is 2. The van der Waals surface area contributed by atoms with Crippen molar-refractivity contribution in [3.63, 3.8) is 0 Å². The molecule has 25 heavy (non-hydrogen) atoms. The standard InChI is InChI=1S/C20H26N2O3/c1-2-3-12-21-20(23)16-22-17-8-7-11-19(15-17)25-14-13-24-18-9-5-4-6-10-18/h4-11,15,22H,2-3,12-14,16H2,1H3,(H,21,23). The first-order chi connectivity index (χ1) is 12.3. The summed E-state index contributed by atoms with van der Waals surface area (Å²) < 4.78 is 11.3. The predicted octanol–water partition coefficient (Wildman–Crippen LogP) is 3.47. The monoisotopic (exact) mass is 342 g/mol. The number of unbranched alkanes of at least 4 members (excludes halogenated alkanes) is 1. The van der Waals surface area contributed by atoms with Gasteiger partial charge in [0.25, 0.3) is 0 Å². The molecule has 0 aliphatic carbocycles. The van der Waals surface area contributed by atoms with Crippen LogP contribution in [-0.2, 0) is 4.79 Å². The Morgan fingerprint density at radius 3 is 2.44 bits per heavy atom. The number of para-hydroxylation sites is 1. The number of carbonyl (C=O) groups is 1. The summed E-state index contributed by atoms with van der Waals surface area (Å²) in [6, 6.07) is 17.2. The Hall–Kier alpha value is -2.69. The Morgan fingerprint density at radius 2 is 1.68 bits per heavy atom. The Bertz CT molecular complexity index is 632. The lowest BCUT2D eigenvalue weighted by Gasteiger charge is -2.11. The fourth-order valence-corrected chi connectivity index (χ4v) is 2.18. The van der Waals surface area contributed by atoms with Gasteiger partial charge in [0.2, 0.25) is 5.91 Å². The summed E-state index contributed by atoms with van der Waals surface area (Å²) in [5.41, 5.74) is 0.854. The van der Waals surface area contributed by atoms with E-state index in [1.165, 1.54) is 0 Å². The molecular weight excluding hydrogens is 316 g/mol. The van der Waals surface area contributed by atoms with Crippen LogP contribution in [0.4, 0.5) is 5.69 Å². The first kappa shape index (κ1) is 18.6. The van der Waals surface area contributed by atoms with E-state index in [-0.39, 0.29) is 12.5 Å². The van der Waals surface area contributed by atoms with Crippen LogP contribution in [0, 0.1) is 0 Å². The molecule has 2 N–H and O–H groups in total. The maximum Gasteiger partial charge on any atom is 0.239 e. The van der Waals surface area contributed by atoms with E-state index in [2.05, 4.69) is 17.6 Å². The van der Waals surface area contributed by atoms with Crippen LogP contribution in [0.3, 0.4) is 0 Å². The number of hydrogen-bond donors (Lipinski definition) is 2. The Kier molecular flexibility index (Phi) is 8.18. The first-order valence-corrected chi connectivity index (χ1v) is 8.69. The molecule has 0 saturated heterocycles. The van der Waals surface area contributed by atoms with Gasteiger partial charge in [-0.05, 0) is 30.7 Å². The van der Waals surface area contributed by atoms with Gasteiger partial charge in [0.05, 0.1) is 6.54 Å². The minimum Gasteiger partial charge on any atom is -0.490 e. The van der Waals surface area contributed by atoms with Crippen LogP contribution < -0.4 is 20.1 Å². The van der Waals surface area contributed by atoms with Gasteiger partial charge in [0, 0.05) is 18.3 Å². The molecule has 0 aromatic heterocycles. The van der Waals surface area contributed by atoms with Gasteiger partial charge >= 0.3 is 0 Å². The summed E-state index contributed by atoms with van der Waals surface area (Å²) in [4.78, 5) is 11.7. The molecule has 2 aromatic carbocycles. The molecule has 0 fully saturated rings. The topological polar surface area (TPSA) is 59.6 Å². The molecule has 134 valence electrons. The second-order valence-corrected chi connectivity index (χ2v) is 5.59. The average molecular weight is 342 g/mol. The van der Waals surface area contributed by atoms with Crippen molar-refractivity contribution in [2.75, 3.05) is 31.6 Å². The number of rotatable bonds is 11. The van der Waals surface area contributed by atoms with Crippen molar-refractivity contribution in [3.05, 3.63) is 54.6 Å². The van der Waals surface area contributed by atoms with Crippen LogP contribution in [0.2, 0.25) is 0 Å². The van der Waals surface area contributed by atoms with Crippen molar-refractivity contribution >= 4 is 11.6 Å². The summed E-state index contributed by atoms with van der Waals surface area (Å²) in [5.74, 6) is 1.57. The summed E-state index contributed by atoms with van der Waals surface area (Å²) in [6.07, 6.45) is 2.07. The zero-order valence-corrected chi connectivity index (χ0v) is 14.7. The van der Waals surface area contributed by atoms with Crippen LogP contribution >= 0.6 is 0 Å². The van der Waals surface area contributed by atoms with E-state index >= 15 is 0 Å². The van der Waals surface area contributed by atoms with Gasteiger partial charge in [-0.1, -0.05) is 37.6 Å². The number of ether oxygens (including phenoxy) is 2. The van der Waals surface area contributed by atoms with Gasteiger partial charge in [0.15, 0.2) is 0 Å². The number of hydrogen-bond acceptors (Lipinski definition) is 4. The molecule has 0 aliphatic rings. The van der Waals surface area contributed by atoms with Crippen LogP contribution in [-0.4, -0.2) is 32.2 Å². The summed E-state index contributed by atoms with van der Waals surface area (Å²) in [7, 11) is 0. The molecule has 0 spiro atoms. The van der Waals surface area contributed by atoms with Crippen molar-refractivity contribution in [2.24, 2.45) is 0 Å². The molecule has 0 atom stereocenters. The Morgan fingerprint density at radius 1 is 0.960 bits per heavy atom. The highest BCUT2D eigenvalue weighted by atomic mass is 16.5. The zero-order valence-electron chi connectivity index (χ0n) is 14.7. The average Bonchev–Trinajstić information content (AvgIpc) is 2.65. The van der Waals surface area contributed by atoms with E-state index in [1.54, 1.807) is 0 Å². The van der Waals surface area contributed by atoms with Crippen molar-refractivity contribution in [1.82, 2.24) is 5.32 Å². The molecule has 0 saturated carbocycles. The second kappa shape index (κ2) is 11.0. The van der Waals surface area contributed by atoms with Gasteiger partial charge in [-0.3, -0.25) is 4.79 Å². The molecule has 5 heteroatoms. The van der Waals surface area contributed by atoms with Crippen LogP contribution in [0.5, 0.6) is 11.5 Å². The van der Waals surface area contributed by atoms with Gasteiger partial charge in [-0.25, -0.2) is 0 Å². The quantitative estimate of drug-likeness (QED) is 0.614. The Balaban J connectivity index is 1.68. The normalized spacial score (nSPS) is 10.1. The lowest BCUT2D eigenvalue weighted by molar-refractivity contribution is -0.119. The largest absolute Gasteiger partial charge is 0.490 e. The van der Waals surface area contributed by atoms with Gasteiger partial charge in [-0.2, -0.15) is 0 Å². The maximum absolute atomic E-state index is 11.7.